The number of aldehydes is 1. The molecular weight excluding hydrogens is 164 g/mol. The van der Waals surface area contributed by atoms with Gasteiger partial charge >= 0.3 is 0 Å². The lowest BCUT2D eigenvalue weighted by Crippen LogP contribution is -1.86. The van der Waals surface area contributed by atoms with Crippen LogP contribution in [0.1, 0.15) is 15.9 Å². The van der Waals surface area contributed by atoms with E-state index in [1.165, 1.54) is 0 Å². The Bertz CT molecular complexity index is 294. The Morgan fingerprint density at radius 3 is 2.64 bits per heavy atom. The molecule has 0 aliphatic rings. The maximum atomic E-state index is 10.4. The largest absolute Gasteiger partial charge is 0.506 e. The summed E-state index contributed by atoms with van der Waals surface area (Å²) in [6.07, 6.45) is 0.594. The second-order valence-electron chi connectivity index (χ2n) is 2.24. The maximum Gasteiger partial charge on any atom is 0.154 e. The summed E-state index contributed by atoms with van der Waals surface area (Å²) < 4.78 is 0. The first-order valence-corrected chi connectivity index (χ1v) is 3.48. The van der Waals surface area contributed by atoms with Gasteiger partial charge in [0.05, 0.1) is 10.6 Å². The summed E-state index contributed by atoms with van der Waals surface area (Å²) in [4.78, 5) is 10.4. The quantitative estimate of drug-likeness (QED) is 0.656. The van der Waals surface area contributed by atoms with Crippen LogP contribution in [0.5, 0.6) is 5.75 Å². The van der Waals surface area contributed by atoms with Gasteiger partial charge in [0.1, 0.15) is 5.75 Å². The number of hydrogen-bond acceptors (Lipinski definition) is 2. The Kier molecular flexibility index (Phi) is 2.15. The molecule has 0 spiro atoms. The molecule has 0 fully saturated rings. The molecule has 3 heteroatoms. The Balaban J connectivity index is 3.40. The van der Waals surface area contributed by atoms with Crippen molar-refractivity contribution < 1.29 is 9.90 Å². The minimum atomic E-state index is -0.137. The van der Waals surface area contributed by atoms with E-state index in [4.69, 9.17) is 11.6 Å². The molecule has 0 heterocycles. The Morgan fingerprint density at radius 2 is 2.18 bits per heavy atom. The van der Waals surface area contributed by atoms with E-state index in [0.29, 0.717) is 6.29 Å². The molecule has 0 radical (unpaired) electrons. The number of hydrogen-bond donors (Lipinski definition) is 1. The average molecular weight is 171 g/mol. The van der Waals surface area contributed by atoms with E-state index in [1.807, 2.05) is 0 Å². The Morgan fingerprint density at radius 1 is 1.55 bits per heavy atom. The molecule has 1 N–H and O–H groups in total. The number of rotatable bonds is 1. The van der Waals surface area contributed by atoms with E-state index >= 15 is 0 Å². The molecule has 0 unspecified atom stereocenters. The smallest absolute Gasteiger partial charge is 0.154 e. The number of halogens is 1. The minimum Gasteiger partial charge on any atom is -0.506 e. The van der Waals surface area contributed by atoms with Crippen molar-refractivity contribution in [1.29, 1.82) is 0 Å². The zero-order valence-corrected chi connectivity index (χ0v) is 6.72. The molecule has 1 rings (SSSR count). The van der Waals surface area contributed by atoms with Gasteiger partial charge in [0.2, 0.25) is 0 Å². The summed E-state index contributed by atoms with van der Waals surface area (Å²) in [6, 6.07) is 3.24. The number of aromatic hydroxyl groups is 1. The molecule has 2 nitrogen and oxygen atoms in total. The van der Waals surface area contributed by atoms with Crippen molar-refractivity contribution in [3.63, 3.8) is 0 Å². The molecule has 0 saturated heterocycles. The third kappa shape index (κ3) is 1.35. The van der Waals surface area contributed by atoms with Crippen molar-refractivity contribution in [2.75, 3.05) is 0 Å². The van der Waals surface area contributed by atoms with Crippen LogP contribution in [0.15, 0.2) is 12.1 Å². The first-order chi connectivity index (χ1) is 5.16. The van der Waals surface area contributed by atoms with Crippen LogP contribution < -0.4 is 0 Å². The highest BCUT2D eigenvalue weighted by Gasteiger charge is 2.06. The molecule has 0 aliphatic carbocycles. The zero-order chi connectivity index (χ0) is 8.43. The number of aryl methyl sites for hydroxylation is 1. The van der Waals surface area contributed by atoms with Crippen LogP contribution >= 0.6 is 11.6 Å². The van der Waals surface area contributed by atoms with E-state index in [-0.39, 0.29) is 16.3 Å². The summed E-state index contributed by atoms with van der Waals surface area (Å²) in [7, 11) is 0. The SMILES string of the molecule is Cc1ccc(Cl)c(O)c1C=O. The predicted octanol–water partition coefficient (Wildman–Crippen LogP) is 2.17. The standard InChI is InChI=1S/C8H7ClO2/c1-5-2-3-7(9)8(11)6(5)4-10/h2-4,11H,1H3. The number of phenols is 1. The fourth-order valence-electron chi connectivity index (χ4n) is 0.831. The topological polar surface area (TPSA) is 37.3 Å². The zero-order valence-electron chi connectivity index (χ0n) is 5.97. The molecule has 0 aliphatic heterocycles. The van der Waals surface area contributed by atoms with Gasteiger partial charge in [-0.15, -0.1) is 0 Å². The maximum absolute atomic E-state index is 10.4. The van der Waals surface area contributed by atoms with Gasteiger partial charge in [-0.25, -0.2) is 0 Å². The molecule has 1 aromatic rings. The van der Waals surface area contributed by atoms with Gasteiger partial charge in [-0.05, 0) is 18.6 Å². The molecule has 58 valence electrons. The van der Waals surface area contributed by atoms with Gasteiger partial charge < -0.3 is 5.11 Å². The van der Waals surface area contributed by atoms with Crippen LogP contribution in [0.2, 0.25) is 5.02 Å². The lowest BCUT2D eigenvalue weighted by molar-refractivity contribution is 0.112. The Hall–Kier alpha value is -1.02. The monoisotopic (exact) mass is 170 g/mol. The van der Waals surface area contributed by atoms with Crippen LogP contribution in [0.3, 0.4) is 0 Å². The first kappa shape index (κ1) is 8.08. The van der Waals surface area contributed by atoms with Gasteiger partial charge in [-0.1, -0.05) is 17.7 Å². The second-order valence-corrected chi connectivity index (χ2v) is 2.65. The fourth-order valence-corrected chi connectivity index (χ4v) is 0.996. The van der Waals surface area contributed by atoms with Gasteiger partial charge in [-0.3, -0.25) is 4.79 Å². The number of benzene rings is 1. The van der Waals surface area contributed by atoms with E-state index in [1.54, 1.807) is 19.1 Å². The van der Waals surface area contributed by atoms with Crippen molar-refractivity contribution in [2.24, 2.45) is 0 Å². The van der Waals surface area contributed by atoms with Crippen LogP contribution in [0.4, 0.5) is 0 Å². The van der Waals surface area contributed by atoms with E-state index in [2.05, 4.69) is 0 Å². The fraction of sp³-hybridized carbons (Fsp3) is 0.125. The highest BCUT2D eigenvalue weighted by atomic mass is 35.5. The van der Waals surface area contributed by atoms with Crippen molar-refractivity contribution in [3.8, 4) is 5.75 Å². The summed E-state index contributed by atoms with van der Waals surface area (Å²) >= 11 is 5.56. The number of carbonyl (C=O) groups is 1. The van der Waals surface area contributed by atoms with Gasteiger partial charge in [-0.2, -0.15) is 0 Å². The van der Waals surface area contributed by atoms with Crippen LogP contribution in [-0.4, -0.2) is 11.4 Å². The van der Waals surface area contributed by atoms with Crippen LogP contribution in [-0.2, 0) is 0 Å². The van der Waals surface area contributed by atoms with Gasteiger partial charge in [0.25, 0.3) is 0 Å². The third-order valence-corrected chi connectivity index (χ3v) is 1.81. The summed E-state index contributed by atoms with van der Waals surface area (Å²) in [5, 5.41) is 9.42. The minimum absolute atomic E-state index is 0.137. The summed E-state index contributed by atoms with van der Waals surface area (Å²) in [5.74, 6) is -0.137. The Labute approximate surface area is 69.4 Å². The predicted molar refractivity (Wildman–Crippen MR) is 43.2 cm³/mol. The van der Waals surface area contributed by atoms with Gasteiger partial charge in [0.15, 0.2) is 6.29 Å². The second kappa shape index (κ2) is 2.93. The highest BCUT2D eigenvalue weighted by Crippen LogP contribution is 2.27. The summed E-state index contributed by atoms with van der Waals surface area (Å²) in [5.41, 5.74) is 0.986. The molecule has 0 aromatic heterocycles. The van der Waals surface area contributed by atoms with Crippen LogP contribution in [0.25, 0.3) is 0 Å². The third-order valence-electron chi connectivity index (χ3n) is 1.50. The van der Waals surface area contributed by atoms with E-state index in [0.717, 1.165) is 5.56 Å². The van der Waals surface area contributed by atoms with E-state index in [9.17, 15) is 9.90 Å². The molecule has 1 aromatic carbocycles. The molecule has 0 atom stereocenters. The first-order valence-electron chi connectivity index (χ1n) is 3.10. The number of carbonyl (C=O) groups excluding carboxylic acids is 1. The van der Waals surface area contributed by atoms with Crippen molar-refractivity contribution in [2.45, 2.75) is 6.92 Å². The number of phenolic OH excluding ortho intramolecular Hbond substituents is 1. The molecule has 0 bridgehead atoms. The average Bonchev–Trinajstić information content (AvgIpc) is 1.99. The lowest BCUT2D eigenvalue weighted by Gasteiger charge is -2.01. The lowest BCUT2D eigenvalue weighted by atomic mass is 10.1. The van der Waals surface area contributed by atoms with Crippen molar-refractivity contribution in [1.82, 2.24) is 0 Å². The van der Waals surface area contributed by atoms with Gasteiger partial charge in [0, 0.05) is 0 Å². The molecule has 11 heavy (non-hydrogen) atoms. The molecule has 0 amide bonds. The van der Waals surface area contributed by atoms with Crippen molar-refractivity contribution >= 4 is 17.9 Å². The van der Waals surface area contributed by atoms with Crippen LogP contribution in [0, 0.1) is 6.92 Å². The molecular formula is C8H7ClO2. The normalized spacial score (nSPS) is 9.64. The molecule has 0 saturated carbocycles. The van der Waals surface area contributed by atoms with Crippen molar-refractivity contribution in [3.05, 3.63) is 28.3 Å². The highest BCUT2D eigenvalue weighted by molar-refractivity contribution is 6.32. The summed E-state index contributed by atoms with van der Waals surface area (Å²) in [6.45, 7) is 1.74. The van der Waals surface area contributed by atoms with E-state index < -0.39 is 0 Å².